The van der Waals surface area contributed by atoms with Crippen molar-refractivity contribution in [2.45, 2.75) is 6.92 Å². The van der Waals surface area contributed by atoms with Crippen LogP contribution in [0.3, 0.4) is 0 Å². The van der Waals surface area contributed by atoms with E-state index in [0.29, 0.717) is 0 Å². The molecule has 0 aliphatic rings. The molecule has 0 aromatic rings. The van der Waals surface area contributed by atoms with Gasteiger partial charge in [-0.1, -0.05) is 0 Å². The quantitative estimate of drug-likeness (QED) is 0.368. The molecule has 1 atom stereocenters. The predicted octanol–water partition coefficient (Wildman–Crippen LogP) is 0.701. The lowest BCUT2D eigenvalue weighted by Crippen LogP contribution is -1.92. The molecule has 0 aromatic heterocycles. The summed E-state index contributed by atoms with van der Waals surface area (Å²) in [5.74, 6) is 0. The van der Waals surface area contributed by atoms with E-state index in [1.165, 1.54) is 0 Å². The maximum Gasteiger partial charge on any atom is 0.499 e. The van der Waals surface area contributed by atoms with Crippen LogP contribution in [0.1, 0.15) is 6.92 Å². The van der Waals surface area contributed by atoms with Crippen molar-refractivity contribution in [3.63, 3.8) is 0 Å². The van der Waals surface area contributed by atoms with Crippen LogP contribution in [-0.4, -0.2) is 18.6 Å². The van der Waals surface area contributed by atoms with Crippen LogP contribution in [0.4, 0.5) is 0 Å². The molecule has 0 saturated carbocycles. The van der Waals surface area contributed by atoms with Crippen LogP contribution >= 0.6 is 7.82 Å². The first-order chi connectivity index (χ1) is 4.12. The Morgan fingerprint density at radius 1 is 1.67 bits per heavy atom. The van der Waals surface area contributed by atoms with Crippen molar-refractivity contribution < 1.29 is 23.5 Å². The van der Waals surface area contributed by atoms with Gasteiger partial charge in [-0.3, -0.25) is 4.52 Å². The van der Waals surface area contributed by atoms with Gasteiger partial charge in [0.1, 0.15) is 0 Å². The molecular weight excluding hydrogens is 147 g/mol. The molecular formula is C3H9O5P. The molecule has 1 N–H and O–H groups in total. The molecule has 0 saturated heterocycles. The summed E-state index contributed by atoms with van der Waals surface area (Å²) in [5, 5.41) is 0. The van der Waals surface area contributed by atoms with Crippen molar-refractivity contribution in [1.29, 1.82) is 0 Å². The highest BCUT2D eigenvalue weighted by Crippen LogP contribution is 2.41. The molecule has 0 spiro atoms. The molecule has 0 aliphatic carbocycles. The second kappa shape index (κ2) is 3.98. The van der Waals surface area contributed by atoms with E-state index in [4.69, 9.17) is 4.89 Å². The summed E-state index contributed by atoms with van der Waals surface area (Å²) in [4.78, 5) is 12.6. The van der Waals surface area contributed by atoms with Gasteiger partial charge in [-0.2, -0.15) is 0 Å². The molecule has 0 radical (unpaired) electrons. The largest absolute Gasteiger partial charge is 0.499 e. The number of rotatable bonds is 4. The zero-order valence-electron chi connectivity index (χ0n) is 5.23. The summed E-state index contributed by atoms with van der Waals surface area (Å²) in [6.07, 6.45) is 0. The third-order valence-electron chi connectivity index (χ3n) is 0.495. The summed E-state index contributed by atoms with van der Waals surface area (Å²) in [6.45, 7) is 1.82. The van der Waals surface area contributed by atoms with E-state index in [0.717, 1.165) is 7.11 Å². The monoisotopic (exact) mass is 156 g/mol. The Kier molecular flexibility index (Phi) is 4.01. The molecule has 6 heteroatoms. The summed E-state index contributed by atoms with van der Waals surface area (Å²) in [7, 11) is -2.86. The van der Waals surface area contributed by atoms with Crippen LogP contribution in [-0.2, 0) is 18.7 Å². The molecule has 1 unspecified atom stereocenters. The van der Waals surface area contributed by atoms with Gasteiger partial charge >= 0.3 is 7.82 Å². The van der Waals surface area contributed by atoms with Gasteiger partial charge in [-0.05, 0) is 6.92 Å². The Morgan fingerprint density at radius 3 is 2.56 bits per heavy atom. The van der Waals surface area contributed by atoms with E-state index in [1.807, 2.05) is 0 Å². The van der Waals surface area contributed by atoms with Crippen molar-refractivity contribution in [3.05, 3.63) is 0 Å². The van der Waals surface area contributed by atoms with Gasteiger partial charge in [-0.15, -0.1) is 4.67 Å². The lowest BCUT2D eigenvalue weighted by molar-refractivity contribution is -0.219. The molecule has 9 heavy (non-hydrogen) atoms. The molecule has 0 fully saturated rings. The average molecular weight is 156 g/mol. The number of hydrogen-bond donors (Lipinski definition) is 1. The zero-order chi connectivity index (χ0) is 7.33. The highest BCUT2D eigenvalue weighted by Gasteiger charge is 2.18. The maximum atomic E-state index is 10.3. The van der Waals surface area contributed by atoms with E-state index in [1.54, 1.807) is 6.92 Å². The summed E-state index contributed by atoms with van der Waals surface area (Å²) < 4.78 is 18.2. The van der Waals surface area contributed by atoms with Crippen LogP contribution in [0.2, 0.25) is 0 Å². The second-order valence-electron chi connectivity index (χ2n) is 1.13. The van der Waals surface area contributed by atoms with E-state index in [9.17, 15) is 4.57 Å². The summed E-state index contributed by atoms with van der Waals surface area (Å²) in [6, 6.07) is 0. The first-order valence-electron chi connectivity index (χ1n) is 2.32. The second-order valence-corrected chi connectivity index (χ2v) is 2.58. The average Bonchev–Trinajstić information content (AvgIpc) is 1.84. The standard InChI is InChI=1S/C3H9O5P/c1-3-7-8-9(4,5)6-2/h3H2,1-2H3,(H,4,5). The fourth-order valence-electron chi connectivity index (χ4n) is 0.150. The normalized spacial score (nSPS) is 17.2. The first-order valence-corrected chi connectivity index (χ1v) is 3.81. The van der Waals surface area contributed by atoms with E-state index >= 15 is 0 Å². The van der Waals surface area contributed by atoms with Gasteiger partial charge in [0.05, 0.1) is 6.61 Å². The Morgan fingerprint density at radius 2 is 2.22 bits per heavy atom. The van der Waals surface area contributed by atoms with Crippen molar-refractivity contribution in [3.8, 4) is 0 Å². The van der Waals surface area contributed by atoms with Gasteiger partial charge in [-0.25, -0.2) is 9.45 Å². The number of hydrogen-bond acceptors (Lipinski definition) is 4. The Bertz CT molecular complexity index is 113. The summed E-state index contributed by atoms with van der Waals surface area (Å²) in [5.41, 5.74) is 0. The van der Waals surface area contributed by atoms with E-state index in [2.05, 4.69) is 14.1 Å². The van der Waals surface area contributed by atoms with Crippen LogP contribution < -0.4 is 0 Å². The third kappa shape index (κ3) is 4.57. The molecule has 5 nitrogen and oxygen atoms in total. The van der Waals surface area contributed by atoms with E-state index in [-0.39, 0.29) is 6.61 Å². The number of phosphoric ester groups is 1. The third-order valence-corrected chi connectivity index (χ3v) is 1.25. The minimum absolute atomic E-state index is 0.202. The number of phosphoric acid groups is 1. The molecule has 0 rings (SSSR count). The Labute approximate surface area is 53.1 Å². The van der Waals surface area contributed by atoms with Gasteiger partial charge in [0, 0.05) is 7.11 Å². The molecule has 0 bridgehead atoms. The molecule has 0 amide bonds. The van der Waals surface area contributed by atoms with Crippen molar-refractivity contribution in [2.75, 3.05) is 13.7 Å². The van der Waals surface area contributed by atoms with Crippen molar-refractivity contribution in [1.82, 2.24) is 0 Å². The van der Waals surface area contributed by atoms with Crippen LogP contribution in [0.5, 0.6) is 0 Å². The van der Waals surface area contributed by atoms with Crippen LogP contribution in [0.25, 0.3) is 0 Å². The molecule has 56 valence electrons. The molecule has 0 aromatic carbocycles. The summed E-state index contributed by atoms with van der Waals surface area (Å²) >= 11 is 0. The molecule has 0 heterocycles. The van der Waals surface area contributed by atoms with Gasteiger partial charge in [0.2, 0.25) is 0 Å². The predicted molar refractivity (Wildman–Crippen MR) is 29.5 cm³/mol. The fraction of sp³-hybridized carbons (Fsp3) is 1.00. The van der Waals surface area contributed by atoms with Crippen molar-refractivity contribution >= 4 is 7.82 Å². The Hall–Kier alpha value is 0.0700. The minimum atomic E-state index is -3.91. The van der Waals surface area contributed by atoms with Gasteiger partial charge in [0.25, 0.3) is 0 Å². The van der Waals surface area contributed by atoms with E-state index < -0.39 is 7.82 Å². The van der Waals surface area contributed by atoms with Crippen LogP contribution in [0.15, 0.2) is 0 Å². The smallest absolute Gasteiger partial charge is 0.301 e. The lowest BCUT2D eigenvalue weighted by Gasteiger charge is -2.05. The van der Waals surface area contributed by atoms with Gasteiger partial charge in [0.15, 0.2) is 0 Å². The topological polar surface area (TPSA) is 65.0 Å². The highest BCUT2D eigenvalue weighted by molar-refractivity contribution is 7.47. The minimum Gasteiger partial charge on any atom is -0.301 e. The van der Waals surface area contributed by atoms with Crippen LogP contribution in [0, 0.1) is 0 Å². The fourth-order valence-corrected chi connectivity index (χ4v) is 0.449. The molecule has 0 aliphatic heterocycles. The Balaban J connectivity index is 3.46. The maximum absolute atomic E-state index is 10.3. The van der Waals surface area contributed by atoms with Crippen molar-refractivity contribution in [2.24, 2.45) is 0 Å². The van der Waals surface area contributed by atoms with Gasteiger partial charge < -0.3 is 4.89 Å². The zero-order valence-corrected chi connectivity index (χ0v) is 6.13. The highest BCUT2D eigenvalue weighted by atomic mass is 31.2. The SMILES string of the molecule is CCOOP(=O)(O)OC. The first kappa shape index (κ1) is 9.07. The lowest BCUT2D eigenvalue weighted by atomic mass is 10.9.